The normalized spacial score (nSPS) is 20.7. The molecule has 0 saturated carbocycles. The van der Waals surface area contributed by atoms with Gasteiger partial charge >= 0.3 is 0 Å². The van der Waals surface area contributed by atoms with Gasteiger partial charge in [-0.2, -0.15) is 0 Å². The van der Waals surface area contributed by atoms with E-state index in [0.29, 0.717) is 12.0 Å². The van der Waals surface area contributed by atoms with Crippen LogP contribution in [-0.2, 0) is 9.53 Å². The lowest BCUT2D eigenvalue weighted by Crippen LogP contribution is -2.51. The number of nitrogens with zero attached hydrogens (tertiary/aromatic N) is 1. The highest BCUT2D eigenvalue weighted by Gasteiger charge is 2.24. The molecule has 1 saturated heterocycles. The summed E-state index contributed by atoms with van der Waals surface area (Å²) in [6, 6.07) is 0.418. The molecule has 18 heavy (non-hydrogen) atoms. The van der Waals surface area contributed by atoms with E-state index in [0.717, 1.165) is 39.3 Å². The highest BCUT2D eigenvalue weighted by molar-refractivity contribution is 5.78. The summed E-state index contributed by atoms with van der Waals surface area (Å²) in [5.41, 5.74) is 0. The molecule has 2 unspecified atom stereocenters. The molecule has 4 nitrogen and oxygen atoms in total. The molecule has 106 valence electrons. The molecule has 0 aliphatic carbocycles. The molecular formula is C14H28N2O2. The maximum absolute atomic E-state index is 11.8. The van der Waals surface area contributed by atoms with Gasteiger partial charge in [-0.05, 0) is 12.3 Å². The molecular weight excluding hydrogens is 228 g/mol. The van der Waals surface area contributed by atoms with Crippen molar-refractivity contribution in [2.75, 3.05) is 32.8 Å². The average molecular weight is 256 g/mol. The van der Waals surface area contributed by atoms with Crippen LogP contribution in [0.4, 0.5) is 0 Å². The Morgan fingerprint density at radius 2 is 1.89 bits per heavy atom. The summed E-state index contributed by atoms with van der Waals surface area (Å²) in [6.07, 6.45) is 0.899. The quantitative estimate of drug-likeness (QED) is 0.783. The first-order valence-corrected chi connectivity index (χ1v) is 7.15. The minimum atomic E-state index is 0.113. The Hall–Kier alpha value is -0.610. The molecule has 0 aromatic carbocycles. The first-order chi connectivity index (χ1) is 8.56. The van der Waals surface area contributed by atoms with E-state index in [-0.39, 0.29) is 11.8 Å². The topological polar surface area (TPSA) is 41.6 Å². The highest BCUT2D eigenvalue weighted by Crippen LogP contribution is 2.12. The van der Waals surface area contributed by atoms with Crippen molar-refractivity contribution in [1.29, 1.82) is 0 Å². The number of nitrogens with one attached hydrogen (secondary N) is 1. The number of morpholine rings is 1. The van der Waals surface area contributed by atoms with Crippen LogP contribution in [0, 0.1) is 11.8 Å². The van der Waals surface area contributed by atoms with Gasteiger partial charge in [-0.15, -0.1) is 0 Å². The van der Waals surface area contributed by atoms with Crippen LogP contribution in [0.3, 0.4) is 0 Å². The average Bonchev–Trinajstić information content (AvgIpc) is 2.38. The van der Waals surface area contributed by atoms with Crippen molar-refractivity contribution >= 4 is 5.91 Å². The summed E-state index contributed by atoms with van der Waals surface area (Å²) in [4.78, 5) is 14.3. The third kappa shape index (κ3) is 4.58. The second kappa shape index (κ2) is 7.74. The van der Waals surface area contributed by atoms with Gasteiger partial charge in [0.05, 0.1) is 13.2 Å². The second-order valence-corrected chi connectivity index (χ2v) is 5.51. The van der Waals surface area contributed by atoms with Crippen molar-refractivity contribution in [2.45, 2.75) is 40.2 Å². The maximum Gasteiger partial charge on any atom is 0.222 e. The van der Waals surface area contributed by atoms with Crippen LogP contribution in [0.1, 0.15) is 34.1 Å². The summed E-state index contributed by atoms with van der Waals surface area (Å²) in [7, 11) is 0. The fraction of sp³-hybridized carbons (Fsp3) is 0.929. The zero-order valence-corrected chi connectivity index (χ0v) is 12.2. The first kappa shape index (κ1) is 15.4. The lowest BCUT2D eigenvalue weighted by Gasteiger charge is -2.37. The number of amides is 1. The van der Waals surface area contributed by atoms with Crippen molar-refractivity contribution in [2.24, 2.45) is 11.8 Å². The van der Waals surface area contributed by atoms with Gasteiger partial charge in [-0.3, -0.25) is 9.69 Å². The number of carbonyl (C=O) groups excluding carboxylic acids is 1. The largest absolute Gasteiger partial charge is 0.379 e. The fourth-order valence-electron chi connectivity index (χ4n) is 2.26. The molecule has 1 aliphatic heterocycles. The third-order valence-corrected chi connectivity index (χ3v) is 3.83. The summed E-state index contributed by atoms with van der Waals surface area (Å²) < 4.78 is 5.38. The summed E-state index contributed by atoms with van der Waals surface area (Å²) in [6.45, 7) is 12.8. The number of carbonyl (C=O) groups is 1. The van der Waals surface area contributed by atoms with Gasteiger partial charge < -0.3 is 10.1 Å². The van der Waals surface area contributed by atoms with Crippen LogP contribution >= 0.6 is 0 Å². The van der Waals surface area contributed by atoms with Crippen LogP contribution in [0.15, 0.2) is 0 Å². The maximum atomic E-state index is 11.8. The van der Waals surface area contributed by atoms with E-state index in [9.17, 15) is 4.79 Å². The van der Waals surface area contributed by atoms with E-state index in [4.69, 9.17) is 4.74 Å². The molecule has 0 spiro atoms. The second-order valence-electron chi connectivity index (χ2n) is 5.51. The van der Waals surface area contributed by atoms with E-state index in [2.05, 4.69) is 24.1 Å². The Morgan fingerprint density at radius 1 is 1.28 bits per heavy atom. The molecule has 4 heteroatoms. The molecule has 0 aromatic heterocycles. The third-order valence-electron chi connectivity index (χ3n) is 3.83. The summed E-state index contributed by atoms with van der Waals surface area (Å²) in [5.74, 6) is 0.833. The lowest BCUT2D eigenvalue weighted by molar-refractivity contribution is -0.125. The molecule has 0 aromatic rings. The highest BCUT2D eigenvalue weighted by atomic mass is 16.5. The minimum Gasteiger partial charge on any atom is -0.379 e. The van der Waals surface area contributed by atoms with Gasteiger partial charge in [0, 0.05) is 31.6 Å². The number of hydrogen-bond donors (Lipinski definition) is 1. The molecule has 1 fully saturated rings. The van der Waals surface area contributed by atoms with Gasteiger partial charge in [0.25, 0.3) is 0 Å². The van der Waals surface area contributed by atoms with Gasteiger partial charge in [-0.25, -0.2) is 0 Å². The lowest BCUT2D eigenvalue weighted by atomic mass is 10.0. The van der Waals surface area contributed by atoms with E-state index < -0.39 is 0 Å². The molecule has 1 amide bonds. The minimum absolute atomic E-state index is 0.113. The van der Waals surface area contributed by atoms with Crippen LogP contribution in [0.25, 0.3) is 0 Å². The summed E-state index contributed by atoms with van der Waals surface area (Å²) in [5, 5.41) is 3.09. The zero-order valence-electron chi connectivity index (χ0n) is 12.2. The van der Waals surface area contributed by atoms with Gasteiger partial charge in [0.2, 0.25) is 5.91 Å². The van der Waals surface area contributed by atoms with Gasteiger partial charge in [0.1, 0.15) is 0 Å². The number of rotatable bonds is 6. The van der Waals surface area contributed by atoms with Gasteiger partial charge in [0.15, 0.2) is 0 Å². The molecule has 1 aliphatic rings. The van der Waals surface area contributed by atoms with E-state index >= 15 is 0 Å². The van der Waals surface area contributed by atoms with Crippen LogP contribution in [-0.4, -0.2) is 49.7 Å². The van der Waals surface area contributed by atoms with Gasteiger partial charge in [-0.1, -0.05) is 27.7 Å². The van der Waals surface area contributed by atoms with Crippen molar-refractivity contribution in [3.05, 3.63) is 0 Å². The number of hydrogen-bond acceptors (Lipinski definition) is 3. The first-order valence-electron chi connectivity index (χ1n) is 7.15. The van der Waals surface area contributed by atoms with Crippen LogP contribution in [0.2, 0.25) is 0 Å². The molecule has 2 atom stereocenters. The van der Waals surface area contributed by atoms with Crippen LogP contribution in [0.5, 0.6) is 0 Å². The predicted molar refractivity (Wildman–Crippen MR) is 73.5 cm³/mol. The Morgan fingerprint density at radius 3 is 2.39 bits per heavy atom. The Kier molecular flexibility index (Phi) is 6.65. The van der Waals surface area contributed by atoms with Crippen LogP contribution < -0.4 is 5.32 Å². The Labute approximate surface area is 111 Å². The monoisotopic (exact) mass is 256 g/mol. The van der Waals surface area contributed by atoms with E-state index in [1.165, 1.54) is 0 Å². The fourth-order valence-corrected chi connectivity index (χ4v) is 2.26. The molecule has 0 bridgehead atoms. The summed E-state index contributed by atoms with van der Waals surface area (Å²) >= 11 is 0. The molecule has 1 heterocycles. The molecule has 1 N–H and O–H groups in total. The van der Waals surface area contributed by atoms with E-state index in [1.807, 2.05) is 13.8 Å². The van der Waals surface area contributed by atoms with Crippen molar-refractivity contribution in [1.82, 2.24) is 10.2 Å². The smallest absolute Gasteiger partial charge is 0.222 e. The Bertz CT molecular complexity index is 250. The SMILES string of the molecule is CCC(C)C(=O)NCC(C(C)C)N1CCOCC1. The van der Waals surface area contributed by atoms with Crippen molar-refractivity contribution in [3.8, 4) is 0 Å². The van der Waals surface area contributed by atoms with Crippen molar-refractivity contribution in [3.63, 3.8) is 0 Å². The predicted octanol–water partition coefficient (Wildman–Crippen LogP) is 1.51. The van der Waals surface area contributed by atoms with E-state index in [1.54, 1.807) is 0 Å². The van der Waals surface area contributed by atoms with Crippen molar-refractivity contribution < 1.29 is 9.53 Å². The molecule has 0 radical (unpaired) electrons. The zero-order chi connectivity index (χ0) is 13.5. The Balaban J connectivity index is 2.45. The molecule has 1 rings (SSSR count). The number of ether oxygens (including phenoxy) is 1. The standard InChI is InChI=1S/C14H28N2O2/c1-5-12(4)14(17)15-10-13(11(2)3)16-6-8-18-9-7-16/h11-13H,5-10H2,1-4H3,(H,15,17).